The van der Waals surface area contributed by atoms with Crippen molar-refractivity contribution in [1.29, 1.82) is 0 Å². The van der Waals surface area contributed by atoms with Crippen LogP contribution in [-0.2, 0) is 4.79 Å². The number of hydrogen-bond acceptors (Lipinski definition) is 4. The van der Waals surface area contributed by atoms with E-state index in [2.05, 4.69) is 27.7 Å². The van der Waals surface area contributed by atoms with E-state index in [1.54, 1.807) is 11.8 Å². The fourth-order valence-corrected chi connectivity index (χ4v) is 4.78. The molecule has 1 heterocycles. The van der Waals surface area contributed by atoms with E-state index >= 15 is 0 Å². The van der Waals surface area contributed by atoms with Gasteiger partial charge in [-0.05, 0) is 51.2 Å². The molecule has 0 saturated heterocycles. The minimum absolute atomic E-state index is 0.114. The van der Waals surface area contributed by atoms with E-state index in [1.807, 2.05) is 6.92 Å². The van der Waals surface area contributed by atoms with Crippen LogP contribution in [0.25, 0.3) is 0 Å². The van der Waals surface area contributed by atoms with Gasteiger partial charge in [-0.3, -0.25) is 4.79 Å². The van der Waals surface area contributed by atoms with Crippen LogP contribution in [0, 0.1) is 20.8 Å². The van der Waals surface area contributed by atoms with Gasteiger partial charge in [-0.2, -0.15) is 0 Å². The Morgan fingerprint density at radius 2 is 1.59 bits per heavy atom. The molecule has 1 atom stereocenters. The molecule has 152 valence electrons. The van der Waals surface area contributed by atoms with Gasteiger partial charge in [-0.25, -0.2) is 0 Å². The molecular formula is C23H36O3S. The van der Waals surface area contributed by atoms with Gasteiger partial charge < -0.3 is 9.47 Å². The maximum atomic E-state index is 12.3. The lowest BCUT2D eigenvalue weighted by Gasteiger charge is -2.16. The Bertz CT molecular complexity index is 639. The SMILES string of the molecule is CCCCCCC(=O)Oc1c(C)c(C)c2c(c1C)SC(CCCCCC)O2. The Kier molecular flexibility index (Phi) is 9.01. The highest BCUT2D eigenvalue weighted by molar-refractivity contribution is 8.00. The van der Waals surface area contributed by atoms with Gasteiger partial charge in [-0.1, -0.05) is 64.1 Å². The topological polar surface area (TPSA) is 35.5 Å². The summed E-state index contributed by atoms with van der Waals surface area (Å²) in [6.07, 6.45) is 10.9. The first-order chi connectivity index (χ1) is 13.0. The molecule has 2 rings (SSSR count). The predicted octanol–water partition coefficient (Wildman–Crippen LogP) is 7.27. The van der Waals surface area contributed by atoms with Crippen molar-refractivity contribution in [2.45, 2.75) is 109 Å². The highest BCUT2D eigenvalue weighted by Crippen LogP contribution is 2.50. The molecule has 1 aliphatic rings. The molecule has 1 aliphatic heterocycles. The van der Waals surface area contributed by atoms with Crippen molar-refractivity contribution in [3.05, 3.63) is 16.7 Å². The number of benzene rings is 1. The third-order valence-corrected chi connectivity index (χ3v) is 6.70. The van der Waals surface area contributed by atoms with E-state index in [0.717, 1.165) is 52.3 Å². The summed E-state index contributed by atoms with van der Waals surface area (Å²) in [5.74, 6) is 1.63. The van der Waals surface area contributed by atoms with E-state index in [0.29, 0.717) is 6.42 Å². The molecule has 0 saturated carbocycles. The van der Waals surface area contributed by atoms with Gasteiger partial charge in [0.1, 0.15) is 16.9 Å². The Balaban J connectivity index is 2.03. The van der Waals surface area contributed by atoms with Gasteiger partial charge in [0.15, 0.2) is 0 Å². The lowest BCUT2D eigenvalue weighted by atomic mass is 10.0. The average Bonchev–Trinajstić information content (AvgIpc) is 3.09. The van der Waals surface area contributed by atoms with Crippen molar-refractivity contribution in [1.82, 2.24) is 0 Å². The van der Waals surface area contributed by atoms with Crippen LogP contribution in [0.15, 0.2) is 4.90 Å². The van der Waals surface area contributed by atoms with Gasteiger partial charge >= 0.3 is 5.97 Å². The Labute approximate surface area is 169 Å². The molecule has 1 aromatic rings. The maximum Gasteiger partial charge on any atom is 0.311 e. The molecule has 0 aliphatic carbocycles. The number of carbonyl (C=O) groups excluding carboxylic acids is 1. The van der Waals surface area contributed by atoms with Crippen molar-refractivity contribution in [2.75, 3.05) is 0 Å². The smallest absolute Gasteiger partial charge is 0.311 e. The van der Waals surface area contributed by atoms with E-state index < -0.39 is 0 Å². The monoisotopic (exact) mass is 392 g/mol. The average molecular weight is 393 g/mol. The van der Waals surface area contributed by atoms with Crippen LogP contribution in [0.5, 0.6) is 11.5 Å². The molecule has 0 spiro atoms. The Hall–Kier alpha value is -1.16. The summed E-state index contributed by atoms with van der Waals surface area (Å²) in [5, 5.41) is 0. The quantitative estimate of drug-likeness (QED) is 0.225. The second-order valence-corrected chi connectivity index (χ2v) is 8.83. The van der Waals surface area contributed by atoms with E-state index in [4.69, 9.17) is 9.47 Å². The lowest BCUT2D eigenvalue weighted by molar-refractivity contribution is -0.134. The van der Waals surface area contributed by atoms with Crippen molar-refractivity contribution >= 4 is 17.7 Å². The summed E-state index contributed by atoms with van der Waals surface area (Å²) in [6.45, 7) is 10.6. The van der Waals surface area contributed by atoms with Crippen LogP contribution in [0.3, 0.4) is 0 Å². The molecule has 0 radical (unpaired) electrons. The van der Waals surface area contributed by atoms with Crippen LogP contribution in [0.2, 0.25) is 0 Å². The molecule has 3 nitrogen and oxygen atoms in total. The van der Waals surface area contributed by atoms with Crippen LogP contribution >= 0.6 is 11.8 Å². The number of ether oxygens (including phenoxy) is 2. The summed E-state index contributed by atoms with van der Waals surface area (Å²) in [7, 11) is 0. The molecule has 0 aromatic heterocycles. The second-order valence-electron chi connectivity index (χ2n) is 7.66. The molecule has 0 fully saturated rings. The van der Waals surface area contributed by atoms with Gasteiger partial charge in [-0.15, -0.1) is 0 Å². The zero-order chi connectivity index (χ0) is 19.8. The zero-order valence-corrected chi connectivity index (χ0v) is 18.6. The second kappa shape index (κ2) is 11.0. The van der Waals surface area contributed by atoms with Crippen LogP contribution in [0.1, 0.15) is 94.7 Å². The summed E-state index contributed by atoms with van der Waals surface area (Å²) >= 11 is 1.80. The predicted molar refractivity (Wildman–Crippen MR) is 114 cm³/mol. The fourth-order valence-electron chi connectivity index (χ4n) is 3.51. The molecule has 27 heavy (non-hydrogen) atoms. The standard InChI is InChI=1S/C23H36O3S/c1-6-8-10-12-14-19(24)25-21-16(3)17(4)22-23(18(21)5)27-20(26-22)15-13-11-9-7-2/h20H,6-15H2,1-5H3. The number of rotatable bonds is 11. The summed E-state index contributed by atoms with van der Waals surface area (Å²) in [4.78, 5) is 13.5. The molecule has 1 unspecified atom stereocenters. The van der Waals surface area contributed by atoms with Crippen molar-refractivity contribution in [3.8, 4) is 11.5 Å². The molecule has 0 amide bonds. The van der Waals surface area contributed by atoms with Crippen molar-refractivity contribution < 1.29 is 14.3 Å². The first-order valence-corrected chi connectivity index (χ1v) is 11.5. The highest BCUT2D eigenvalue weighted by Gasteiger charge is 2.30. The summed E-state index contributed by atoms with van der Waals surface area (Å²) in [6, 6.07) is 0. The van der Waals surface area contributed by atoms with Crippen molar-refractivity contribution in [3.63, 3.8) is 0 Å². The van der Waals surface area contributed by atoms with Gasteiger partial charge in [0.25, 0.3) is 0 Å². The van der Waals surface area contributed by atoms with Gasteiger partial charge in [0, 0.05) is 12.0 Å². The van der Waals surface area contributed by atoms with Crippen LogP contribution in [0.4, 0.5) is 0 Å². The summed E-state index contributed by atoms with van der Waals surface area (Å²) < 4.78 is 12.1. The van der Waals surface area contributed by atoms with E-state index in [-0.39, 0.29) is 11.4 Å². The number of fused-ring (bicyclic) bond motifs is 1. The minimum atomic E-state index is -0.114. The number of hydrogen-bond donors (Lipinski definition) is 0. The summed E-state index contributed by atoms with van der Waals surface area (Å²) in [5.41, 5.74) is 3.37. The van der Waals surface area contributed by atoms with Gasteiger partial charge in [0.05, 0.1) is 4.90 Å². The zero-order valence-electron chi connectivity index (χ0n) is 17.8. The first-order valence-electron chi connectivity index (χ1n) is 10.7. The first kappa shape index (κ1) is 22.1. The third-order valence-electron chi connectivity index (χ3n) is 5.37. The number of esters is 1. The molecule has 4 heteroatoms. The molecule has 1 aromatic carbocycles. The number of carbonyl (C=O) groups is 1. The Morgan fingerprint density at radius 3 is 2.26 bits per heavy atom. The van der Waals surface area contributed by atoms with E-state index in [9.17, 15) is 4.79 Å². The maximum absolute atomic E-state index is 12.3. The Morgan fingerprint density at radius 1 is 0.926 bits per heavy atom. The normalized spacial score (nSPS) is 15.5. The van der Waals surface area contributed by atoms with Crippen LogP contribution in [-0.4, -0.2) is 11.4 Å². The van der Waals surface area contributed by atoms with Crippen LogP contribution < -0.4 is 9.47 Å². The molecule has 0 bridgehead atoms. The largest absolute Gasteiger partial charge is 0.478 e. The number of unbranched alkanes of at least 4 members (excludes halogenated alkanes) is 6. The van der Waals surface area contributed by atoms with E-state index in [1.165, 1.54) is 38.5 Å². The lowest BCUT2D eigenvalue weighted by Crippen LogP contribution is -2.11. The molecular weight excluding hydrogens is 356 g/mol. The highest BCUT2D eigenvalue weighted by atomic mass is 32.2. The van der Waals surface area contributed by atoms with Gasteiger partial charge in [0.2, 0.25) is 0 Å². The van der Waals surface area contributed by atoms with Crippen molar-refractivity contribution in [2.24, 2.45) is 0 Å². The molecule has 0 N–H and O–H groups in total. The minimum Gasteiger partial charge on any atom is -0.478 e. The number of thioether (sulfide) groups is 1. The third kappa shape index (κ3) is 5.91. The fraction of sp³-hybridized carbons (Fsp3) is 0.696.